The molecule has 1 aliphatic rings. The molecule has 156 valence electrons. The lowest BCUT2D eigenvalue weighted by Crippen LogP contribution is -1.85. The van der Waals surface area contributed by atoms with Crippen molar-refractivity contribution in [2.45, 2.75) is 136 Å². The normalized spacial score (nSPS) is 13.0. The summed E-state index contributed by atoms with van der Waals surface area (Å²) in [5.74, 6) is 0. The maximum absolute atomic E-state index is 2.30. The largest absolute Gasteiger partial charge is 0.0661 e. The van der Waals surface area contributed by atoms with Gasteiger partial charge in [0.25, 0.3) is 0 Å². The zero-order valence-electron chi connectivity index (χ0n) is 18.7. The summed E-state index contributed by atoms with van der Waals surface area (Å²) in [5, 5.41) is 0. The Hall–Kier alpha value is -0.780. The number of unbranched alkanes of at least 4 members (excludes halogenated alkanes) is 17. The molecule has 0 saturated carbocycles. The zero-order chi connectivity index (χ0) is 19.4. The fraction of sp³-hybridized carbons (Fsp3) is 0.778. The van der Waals surface area contributed by atoms with Crippen LogP contribution in [0, 0.1) is 0 Å². The van der Waals surface area contributed by atoms with Crippen LogP contribution in [-0.4, -0.2) is 0 Å². The Bertz CT molecular complexity index is 396. The van der Waals surface area contributed by atoms with Gasteiger partial charge in [-0.15, -0.1) is 0 Å². The first kappa shape index (κ1) is 24.3. The van der Waals surface area contributed by atoms with Crippen LogP contribution in [-0.2, 0) is 0 Å². The Labute approximate surface area is 171 Å². The van der Waals surface area contributed by atoms with Gasteiger partial charge >= 0.3 is 0 Å². The predicted octanol–water partition coefficient (Wildman–Crippen LogP) is 9.86. The highest BCUT2D eigenvalue weighted by atomic mass is 14.1. The van der Waals surface area contributed by atoms with Crippen molar-refractivity contribution in [3.8, 4) is 0 Å². The van der Waals surface area contributed by atoms with E-state index in [0.717, 1.165) is 0 Å². The second kappa shape index (κ2) is 18.6. The van der Waals surface area contributed by atoms with E-state index in [1.54, 1.807) is 5.57 Å². The summed E-state index contributed by atoms with van der Waals surface area (Å²) in [5.41, 5.74) is 3.01. The van der Waals surface area contributed by atoms with E-state index in [9.17, 15) is 0 Å². The molecule has 0 aromatic heterocycles. The lowest BCUT2D eigenvalue weighted by atomic mass is 10.0. The Kier molecular flexibility index (Phi) is 16.7. The molecule has 0 atom stereocenters. The molecule has 0 saturated heterocycles. The molecule has 0 nitrogen and oxygen atoms in total. The van der Waals surface area contributed by atoms with Crippen molar-refractivity contribution < 1.29 is 0 Å². The first-order chi connectivity index (χ1) is 13.3. The Morgan fingerprint density at radius 2 is 0.852 bits per heavy atom. The molecule has 0 aromatic rings. The van der Waals surface area contributed by atoms with Crippen LogP contribution >= 0.6 is 0 Å². The van der Waals surface area contributed by atoms with Gasteiger partial charge in [0.1, 0.15) is 0 Å². The van der Waals surface area contributed by atoms with Crippen molar-refractivity contribution in [3.63, 3.8) is 0 Å². The monoisotopic (exact) mass is 372 g/mol. The Morgan fingerprint density at radius 1 is 0.519 bits per heavy atom. The van der Waals surface area contributed by atoms with Crippen LogP contribution < -0.4 is 0 Å². The average molecular weight is 373 g/mol. The number of hydrogen-bond donors (Lipinski definition) is 0. The maximum atomic E-state index is 2.30. The molecule has 0 unspecified atom stereocenters. The maximum Gasteiger partial charge on any atom is -0.0267 e. The smallest absolute Gasteiger partial charge is 0.0267 e. The number of hydrogen-bond acceptors (Lipinski definition) is 0. The highest BCUT2D eigenvalue weighted by molar-refractivity contribution is 5.42. The summed E-state index contributed by atoms with van der Waals surface area (Å²) in [4.78, 5) is 0. The second-order valence-corrected chi connectivity index (χ2v) is 8.71. The van der Waals surface area contributed by atoms with Gasteiger partial charge in [0, 0.05) is 0 Å². The molecule has 1 aliphatic carbocycles. The highest BCUT2D eigenvalue weighted by Crippen LogP contribution is 2.19. The van der Waals surface area contributed by atoms with E-state index in [0.29, 0.717) is 0 Å². The fourth-order valence-electron chi connectivity index (χ4n) is 4.09. The Morgan fingerprint density at radius 3 is 1.22 bits per heavy atom. The van der Waals surface area contributed by atoms with Gasteiger partial charge in [-0.1, -0.05) is 146 Å². The van der Waals surface area contributed by atoms with Crippen LogP contribution in [0.1, 0.15) is 136 Å². The van der Waals surface area contributed by atoms with E-state index in [1.165, 1.54) is 128 Å². The van der Waals surface area contributed by atoms with Gasteiger partial charge in [-0.05, 0) is 25.3 Å². The summed E-state index contributed by atoms with van der Waals surface area (Å²) in [6.07, 6.45) is 36.2. The van der Waals surface area contributed by atoms with Crippen LogP contribution in [0.2, 0.25) is 0 Å². The van der Waals surface area contributed by atoms with E-state index in [4.69, 9.17) is 0 Å². The quantitative estimate of drug-likeness (QED) is 0.198. The summed E-state index contributed by atoms with van der Waals surface area (Å²) < 4.78 is 0. The number of rotatable bonds is 19. The lowest BCUT2D eigenvalue weighted by Gasteiger charge is -2.05. The van der Waals surface area contributed by atoms with Crippen molar-refractivity contribution >= 4 is 0 Å². The molecule has 0 aliphatic heterocycles. The van der Waals surface area contributed by atoms with Gasteiger partial charge in [-0.25, -0.2) is 0 Å². The van der Waals surface area contributed by atoms with Crippen molar-refractivity contribution in [3.05, 3.63) is 35.5 Å². The summed E-state index contributed by atoms with van der Waals surface area (Å²) in [6, 6.07) is 0. The van der Waals surface area contributed by atoms with E-state index in [1.807, 2.05) is 0 Å². The zero-order valence-corrected chi connectivity index (χ0v) is 18.7. The third-order valence-electron chi connectivity index (χ3n) is 6.06. The van der Waals surface area contributed by atoms with E-state index < -0.39 is 0 Å². The first-order valence-electron chi connectivity index (χ1n) is 12.4. The van der Waals surface area contributed by atoms with Crippen LogP contribution in [0.3, 0.4) is 0 Å². The molecular formula is C27H48. The van der Waals surface area contributed by atoms with Crippen molar-refractivity contribution in [1.82, 2.24) is 0 Å². The molecule has 0 fully saturated rings. The van der Waals surface area contributed by atoms with Gasteiger partial charge in [0.05, 0.1) is 0 Å². The van der Waals surface area contributed by atoms with E-state index >= 15 is 0 Å². The van der Waals surface area contributed by atoms with Crippen LogP contribution in [0.25, 0.3) is 0 Å². The first-order valence-corrected chi connectivity index (χ1v) is 12.4. The summed E-state index contributed by atoms with van der Waals surface area (Å²) >= 11 is 0. The lowest BCUT2D eigenvalue weighted by molar-refractivity contribution is 0.525. The van der Waals surface area contributed by atoms with E-state index in [-0.39, 0.29) is 0 Å². The Balaban J connectivity index is 1.72. The molecule has 0 aromatic carbocycles. The predicted molar refractivity (Wildman–Crippen MR) is 124 cm³/mol. The summed E-state index contributed by atoms with van der Waals surface area (Å²) in [7, 11) is 0. The van der Waals surface area contributed by atoms with Crippen molar-refractivity contribution in [1.29, 1.82) is 0 Å². The molecule has 0 heterocycles. The molecule has 0 bridgehead atoms. The van der Waals surface area contributed by atoms with Gasteiger partial charge in [0.2, 0.25) is 0 Å². The molecule has 0 radical (unpaired) electrons. The van der Waals surface area contributed by atoms with Gasteiger partial charge in [-0.2, -0.15) is 0 Å². The molecule has 1 rings (SSSR count). The fourth-order valence-corrected chi connectivity index (χ4v) is 4.09. The average Bonchev–Trinajstić information content (AvgIpc) is 3.22. The number of allylic oxidation sites excluding steroid dienone is 6. The molecule has 0 spiro atoms. The van der Waals surface area contributed by atoms with Crippen LogP contribution in [0.15, 0.2) is 35.5 Å². The van der Waals surface area contributed by atoms with Crippen molar-refractivity contribution in [2.24, 2.45) is 0 Å². The second-order valence-electron chi connectivity index (χ2n) is 8.71. The molecule has 0 amide bonds. The highest BCUT2D eigenvalue weighted by Gasteiger charge is 1.99. The SMILES string of the molecule is CCCCCCCCCCCCCCCCCCCCC(C)=C1C=CC=C1. The molecule has 0 N–H and O–H groups in total. The minimum Gasteiger partial charge on any atom is -0.0661 e. The molecule has 0 heteroatoms. The third kappa shape index (κ3) is 14.9. The third-order valence-corrected chi connectivity index (χ3v) is 6.06. The van der Waals surface area contributed by atoms with Crippen molar-refractivity contribution in [2.75, 3.05) is 0 Å². The van der Waals surface area contributed by atoms with Gasteiger partial charge in [0.15, 0.2) is 0 Å². The minimum absolute atomic E-state index is 1.28. The van der Waals surface area contributed by atoms with Crippen LogP contribution in [0.5, 0.6) is 0 Å². The standard InChI is InChI=1S/C27H48/c1-3-4-5-6-7-8-9-10-11-12-13-14-15-16-17-18-19-20-23-26(2)27-24-21-22-25-27/h21-22,24-25H,3-20,23H2,1-2H3. The molecular weight excluding hydrogens is 324 g/mol. The topological polar surface area (TPSA) is 0 Å². The van der Waals surface area contributed by atoms with E-state index in [2.05, 4.69) is 38.2 Å². The molecule has 27 heavy (non-hydrogen) atoms. The van der Waals surface area contributed by atoms with Crippen LogP contribution in [0.4, 0.5) is 0 Å². The minimum atomic E-state index is 1.28. The summed E-state index contributed by atoms with van der Waals surface area (Å²) in [6.45, 7) is 4.59. The van der Waals surface area contributed by atoms with Gasteiger partial charge < -0.3 is 0 Å². The van der Waals surface area contributed by atoms with Gasteiger partial charge in [-0.3, -0.25) is 0 Å².